The van der Waals surface area contributed by atoms with Crippen molar-refractivity contribution in [3.63, 3.8) is 0 Å². The molecule has 14 heavy (non-hydrogen) atoms. The molecular formula is C11H16N2O. The van der Waals surface area contributed by atoms with Gasteiger partial charge in [0.05, 0.1) is 12.8 Å². The Morgan fingerprint density at radius 2 is 2.43 bits per heavy atom. The summed E-state index contributed by atoms with van der Waals surface area (Å²) in [5, 5.41) is 0. The van der Waals surface area contributed by atoms with Gasteiger partial charge < -0.3 is 10.5 Å². The largest absolute Gasteiger partial charge is 0.492 e. The Kier molecular flexibility index (Phi) is 2.99. The monoisotopic (exact) mass is 192 g/mol. The first-order valence-electron chi connectivity index (χ1n) is 5.13. The smallest absolute Gasteiger partial charge is 0.137 e. The van der Waals surface area contributed by atoms with E-state index < -0.39 is 0 Å². The molecule has 1 unspecified atom stereocenters. The first kappa shape index (κ1) is 9.46. The summed E-state index contributed by atoms with van der Waals surface area (Å²) in [6.45, 7) is 1.46. The second-order valence-corrected chi connectivity index (χ2v) is 3.83. The minimum Gasteiger partial charge on any atom is -0.492 e. The third-order valence-corrected chi connectivity index (χ3v) is 2.69. The molecule has 1 fully saturated rings. The van der Waals surface area contributed by atoms with Gasteiger partial charge in [0.25, 0.3) is 0 Å². The van der Waals surface area contributed by atoms with Gasteiger partial charge in [-0.05, 0) is 37.4 Å². The van der Waals surface area contributed by atoms with Crippen molar-refractivity contribution in [2.45, 2.75) is 12.8 Å². The van der Waals surface area contributed by atoms with Crippen LogP contribution in [0.2, 0.25) is 0 Å². The van der Waals surface area contributed by atoms with Gasteiger partial charge in [-0.1, -0.05) is 0 Å². The van der Waals surface area contributed by atoms with E-state index in [2.05, 4.69) is 4.98 Å². The Bertz CT molecular complexity index is 272. The van der Waals surface area contributed by atoms with E-state index >= 15 is 0 Å². The average Bonchev–Trinajstić information content (AvgIpc) is 3.05. The van der Waals surface area contributed by atoms with Crippen LogP contribution in [0, 0.1) is 11.8 Å². The summed E-state index contributed by atoms with van der Waals surface area (Å²) < 4.78 is 5.62. The maximum atomic E-state index is 5.68. The van der Waals surface area contributed by atoms with Crippen LogP contribution in [0.4, 0.5) is 0 Å². The lowest BCUT2D eigenvalue weighted by Crippen LogP contribution is -2.23. The lowest BCUT2D eigenvalue weighted by atomic mass is 10.1. The molecule has 2 N–H and O–H groups in total. The number of ether oxygens (including phenoxy) is 1. The number of hydrogen-bond acceptors (Lipinski definition) is 3. The van der Waals surface area contributed by atoms with E-state index in [0.29, 0.717) is 5.92 Å². The second-order valence-electron chi connectivity index (χ2n) is 3.83. The zero-order valence-corrected chi connectivity index (χ0v) is 8.23. The van der Waals surface area contributed by atoms with E-state index in [0.717, 1.165) is 24.8 Å². The van der Waals surface area contributed by atoms with Crippen LogP contribution in [0.5, 0.6) is 5.75 Å². The van der Waals surface area contributed by atoms with E-state index in [1.807, 2.05) is 12.1 Å². The number of rotatable bonds is 5. The highest BCUT2D eigenvalue weighted by atomic mass is 16.5. The highest BCUT2D eigenvalue weighted by molar-refractivity contribution is 5.15. The number of nitrogens with zero attached hydrogens (tertiary/aromatic N) is 1. The predicted molar refractivity (Wildman–Crippen MR) is 55.0 cm³/mol. The molecule has 3 nitrogen and oxygen atoms in total. The number of hydrogen-bond donors (Lipinski definition) is 1. The van der Waals surface area contributed by atoms with Gasteiger partial charge in [0, 0.05) is 12.1 Å². The zero-order chi connectivity index (χ0) is 9.80. The normalized spacial score (nSPS) is 17.8. The van der Waals surface area contributed by atoms with Crippen molar-refractivity contribution in [1.82, 2.24) is 4.98 Å². The summed E-state index contributed by atoms with van der Waals surface area (Å²) in [6, 6.07) is 3.80. The second kappa shape index (κ2) is 4.42. The molecule has 0 aromatic carbocycles. The van der Waals surface area contributed by atoms with Crippen molar-refractivity contribution >= 4 is 0 Å². The standard InChI is InChI=1S/C11H16N2O/c12-6-10(9-3-4-9)8-14-11-2-1-5-13-7-11/h1-2,5,7,9-10H,3-4,6,8,12H2. The Morgan fingerprint density at radius 3 is 3.00 bits per heavy atom. The fourth-order valence-electron chi connectivity index (χ4n) is 1.60. The van der Waals surface area contributed by atoms with Crippen LogP contribution in [-0.2, 0) is 0 Å². The van der Waals surface area contributed by atoms with Crippen LogP contribution in [0.15, 0.2) is 24.5 Å². The van der Waals surface area contributed by atoms with E-state index in [1.54, 1.807) is 12.4 Å². The average molecular weight is 192 g/mol. The van der Waals surface area contributed by atoms with E-state index in [9.17, 15) is 0 Å². The van der Waals surface area contributed by atoms with Gasteiger partial charge in [0.15, 0.2) is 0 Å². The maximum Gasteiger partial charge on any atom is 0.137 e. The zero-order valence-electron chi connectivity index (χ0n) is 8.23. The third kappa shape index (κ3) is 2.45. The molecule has 0 bridgehead atoms. The van der Waals surface area contributed by atoms with Gasteiger partial charge in [-0.15, -0.1) is 0 Å². The van der Waals surface area contributed by atoms with Gasteiger partial charge in [-0.2, -0.15) is 0 Å². The van der Waals surface area contributed by atoms with Crippen LogP contribution in [0.3, 0.4) is 0 Å². The molecule has 0 radical (unpaired) electrons. The van der Waals surface area contributed by atoms with Crippen molar-refractivity contribution in [2.24, 2.45) is 17.6 Å². The number of nitrogens with two attached hydrogens (primary N) is 1. The van der Waals surface area contributed by atoms with Crippen molar-refractivity contribution in [1.29, 1.82) is 0 Å². The van der Waals surface area contributed by atoms with Crippen LogP contribution in [-0.4, -0.2) is 18.1 Å². The number of aromatic nitrogens is 1. The molecule has 1 atom stereocenters. The molecule has 1 aromatic rings. The lowest BCUT2D eigenvalue weighted by molar-refractivity contribution is 0.235. The van der Waals surface area contributed by atoms with Gasteiger partial charge in [-0.3, -0.25) is 4.98 Å². The van der Waals surface area contributed by atoms with Crippen molar-refractivity contribution < 1.29 is 4.74 Å². The Balaban J connectivity index is 1.81. The molecule has 1 saturated carbocycles. The van der Waals surface area contributed by atoms with Crippen molar-refractivity contribution in [3.8, 4) is 5.75 Å². The molecule has 0 amide bonds. The molecule has 3 heteroatoms. The van der Waals surface area contributed by atoms with E-state index in [-0.39, 0.29) is 0 Å². The topological polar surface area (TPSA) is 48.1 Å². The Hall–Kier alpha value is -1.09. The molecule has 0 saturated heterocycles. The molecule has 0 spiro atoms. The minimum absolute atomic E-state index is 0.523. The SMILES string of the molecule is NCC(COc1cccnc1)C1CC1. The van der Waals surface area contributed by atoms with Gasteiger partial charge in [0.1, 0.15) is 5.75 Å². The molecule has 1 aromatic heterocycles. The van der Waals surface area contributed by atoms with Gasteiger partial charge >= 0.3 is 0 Å². The molecule has 1 aliphatic carbocycles. The van der Waals surface area contributed by atoms with Gasteiger partial charge in [0.2, 0.25) is 0 Å². The third-order valence-electron chi connectivity index (χ3n) is 2.69. The highest BCUT2D eigenvalue weighted by Crippen LogP contribution is 2.36. The summed E-state index contributed by atoms with van der Waals surface area (Å²) in [5.41, 5.74) is 5.68. The fourth-order valence-corrected chi connectivity index (χ4v) is 1.60. The molecule has 2 rings (SSSR count). The first-order chi connectivity index (χ1) is 6.90. The van der Waals surface area contributed by atoms with Crippen LogP contribution >= 0.6 is 0 Å². The summed E-state index contributed by atoms with van der Waals surface area (Å²) in [6.07, 6.45) is 6.12. The molecule has 76 valence electrons. The lowest BCUT2D eigenvalue weighted by Gasteiger charge is -2.14. The summed E-state index contributed by atoms with van der Waals surface area (Å²) in [4.78, 5) is 3.99. The summed E-state index contributed by atoms with van der Waals surface area (Å²) >= 11 is 0. The number of pyridine rings is 1. The summed E-state index contributed by atoms with van der Waals surface area (Å²) in [5.74, 6) is 2.17. The summed E-state index contributed by atoms with van der Waals surface area (Å²) in [7, 11) is 0. The van der Waals surface area contributed by atoms with Crippen LogP contribution < -0.4 is 10.5 Å². The van der Waals surface area contributed by atoms with E-state index in [4.69, 9.17) is 10.5 Å². The Labute approximate surface area is 84.3 Å². The molecule has 1 heterocycles. The Morgan fingerprint density at radius 1 is 1.57 bits per heavy atom. The minimum atomic E-state index is 0.523. The molecule has 0 aliphatic heterocycles. The van der Waals surface area contributed by atoms with Crippen LogP contribution in [0.1, 0.15) is 12.8 Å². The quantitative estimate of drug-likeness (QED) is 0.768. The van der Waals surface area contributed by atoms with Crippen molar-refractivity contribution in [2.75, 3.05) is 13.2 Å². The highest BCUT2D eigenvalue weighted by Gasteiger charge is 2.30. The molecule has 1 aliphatic rings. The predicted octanol–water partition coefficient (Wildman–Crippen LogP) is 1.45. The molecular weight excluding hydrogens is 176 g/mol. The van der Waals surface area contributed by atoms with Gasteiger partial charge in [-0.25, -0.2) is 0 Å². The first-order valence-corrected chi connectivity index (χ1v) is 5.13. The maximum absolute atomic E-state index is 5.68. The fraction of sp³-hybridized carbons (Fsp3) is 0.545. The van der Waals surface area contributed by atoms with Crippen LogP contribution in [0.25, 0.3) is 0 Å². The van der Waals surface area contributed by atoms with Crippen molar-refractivity contribution in [3.05, 3.63) is 24.5 Å². The van der Waals surface area contributed by atoms with E-state index in [1.165, 1.54) is 12.8 Å².